The lowest BCUT2D eigenvalue weighted by molar-refractivity contribution is -0.152. The molecule has 244 valence electrons. The summed E-state index contributed by atoms with van der Waals surface area (Å²) in [5.74, 6) is -4.50. The molecule has 1 aromatic heterocycles. The summed E-state index contributed by atoms with van der Waals surface area (Å²) in [6, 6.07) is 8.01. The van der Waals surface area contributed by atoms with Gasteiger partial charge in [0.2, 0.25) is 11.8 Å². The Balaban J connectivity index is 1.77. The zero-order valence-electron chi connectivity index (χ0n) is 25.9. The third-order valence-corrected chi connectivity index (χ3v) is 8.30. The summed E-state index contributed by atoms with van der Waals surface area (Å²) in [7, 11) is -4.16. The fourth-order valence-corrected chi connectivity index (χ4v) is 5.90. The van der Waals surface area contributed by atoms with Gasteiger partial charge >= 0.3 is 18.4 Å². The normalized spacial score (nSPS) is 18.2. The lowest BCUT2D eigenvalue weighted by Gasteiger charge is -2.27. The minimum atomic E-state index is -4.16. The van der Waals surface area contributed by atoms with E-state index in [-0.39, 0.29) is 28.8 Å². The molecule has 0 fully saturated rings. The number of carbonyl (C=O) groups is 2. The second-order valence-electron chi connectivity index (χ2n) is 12.8. The molecule has 0 saturated heterocycles. The Hall–Kier alpha value is -4.14. The minimum Gasteiger partial charge on any atom is -0.453 e. The number of nitrogens with zero attached hydrogens (tertiary/aromatic N) is 3. The maximum Gasteiger partial charge on any atom is 0.408 e. The fourth-order valence-electron chi connectivity index (χ4n) is 4.29. The van der Waals surface area contributed by atoms with Crippen LogP contribution in [0.15, 0.2) is 51.8 Å². The molecule has 1 unspecified atom stereocenters. The highest BCUT2D eigenvalue weighted by atomic mass is 32.2. The van der Waals surface area contributed by atoms with Gasteiger partial charge in [-0.2, -0.15) is 4.39 Å². The number of rotatable bonds is 7. The quantitative estimate of drug-likeness (QED) is 0.346. The predicted octanol–water partition coefficient (Wildman–Crippen LogP) is 5.58. The van der Waals surface area contributed by atoms with Crippen LogP contribution >= 0.6 is 0 Å². The number of amides is 2. The van der Waals surface area contributed by atoms with Crippen LogP contribution in [-0.4, -0.2) is 60.3 Å². The Bertz CT molecular complexity index is 1680. The summed E-state index contributed by atoms with van der Waals surface area (Å²) >= 11 is 0. The number of aromatic nitrogens is 2. The number of alkyl carbamates (subject to hydrolysis) is 1. The van der Waals surface area contributed by atoms with Crippen LogP contribution in [0.4, 0.5) is 23.7 Å². The molecule has 15 heteroatoms. The van der Waals surface area contributed by atoms with Crippen molar-refractivity contribution in [2.24, 2.45) is 0 Å². The van der Waals surface area contributed by atoms with Crippen LogP contribution in [0.1, 0.15) is 59.9 Å². The van der Waals surface area contributed by atoms with Gasteiger partial charge in [-0.25, -0.2) is 22.0 Å². The lowest BCUT2D eigenvalue weighted by Crippen LogP contribution is -2.51. The highest BCUT2D eigenvalue weighted by Gasteiger charge is 2.40. The van der Waals surface area contributed by atoms with Crippen LogP contribution < -0.4 is 15.0 Å². The predicted molar refractivity (Wildman–Crippen MR) is 157 cm³/mol. The first kappa shape index (κ1) is 33.7. The number of nitrogens with one attached hydrogen (secondary N) is 1. The molecule has 11 nitrogen and oxygen atoms in total. The molecule has 4 rings (SSSR count). The van der Waals surface area contributed by atoms with Crippen LogP contribution in [0.25, 0.3) is 11.5 Å². The van der Waals surface area contributed by atoms with Gasteiger partial charge in [-0.1, -0.05) is 32.9 Å². The van der Waals surface area contributed by atoms with Gasteiger partial charge in [-0.05, 0) is 56.7 Å². The van der Waals surface area contributed by atoms with E-state index in [1.165, 1.54) is 47.4 Å². The number of halogens is 3. The van der Waals surface area contributed by atoms with Gasteiger partial charge in [0, 0.05) is 17.9 Å². The van der Waals surface area contributed by atoms with E-state index in [0.717, 1.165) is 0 Å². The third-order valence-electron chi connectivity index (χ3n) is 6.51. The van der Waals surface area contributed by atoms with Crippen molar-refractivity contribution in [3.05, 3.63) is 53.9 Å². The molecule has 2 amide bonds. The molecule has 0 aliphatic carbocycles. The number of fused-ring (bicyclic) bond motifs is 1. The van der Waals surface area contributed by atoms with Crippen molar-refractivity contribution < 1.29 is 45.1 Å². The monoisotopic (exact) mass is 652 g/mol. The van der Waals surface area contributed by atoms with Gasteiger partial charge < -0.3 is 24.1 Å². The van der Waals surface area contributed by atoms with Crippen LogP contribution in [-0.2, 0) is 31.3 Å². The molecular formula is C30H35F3N4O7S. The molecule has 0 bridgehead atoms. The van der Waals surface area contributed by atoms with E-state index >= 15 is 0 Å². The molecule has 1 aliphatic rings. The Morgan fingerprint density at radius 1 is 1.07 bits per heavy atom. The maximum absolute atomic E-state index is 14.1. The van der Waals surface area contributed by atoms with E-state index < -0.39 is 56.9 Å². The lowest BCUT2D eigenvalue weighted by atomic mass is 9.97. The van der Waals surface area contributed by atoms with Gasteiger partial charge in [0.05, 0.1) is 22.9 Å². The Kier molecular flexibility index (Phi) is 8.99. The average molecular weight is 653 g/mol. The van der Waals surface area contributed by atoms with E-state index in [1.54, 1.807) is 20.8 Å². The first-order valence-electron chi connectivity index (χ1n) is 13.9. The Labute approximate surface area is 259 Å². The highest BCUT2D eigenvalue weighted by Crippen LogP contribution is 2.36. The van der Waals surface area contributed by atoms with E-state index in [1.807, 2.05) is 20.8 Å². The molecule has 2 atom stereocenters. The summed E-state index contributed by atoms with van der Waals surface area (Å²) in [4.78, 5) is 27.6. The van der Waals surface area contributed by atoms with Gasteiger partial charge in [-0.15, -0.1) is 10.2 Å². The van der Waals surface area contributed by atoms with Crippen LogP contribution in [0.3, 0.4) is 0 Å². The third kappa shape index (κ3) is 7.93. The molecule has 0 saturated carbocycles. The van der Waals surface area contributed by atoms with Gasteiger partial charge in [-0.3, -0.25) is 4.79 Å². The number of alkyl halides is 3. The Morgan fingerprint density at radius 2 is 1.71 bits per heavy atom. The summed E-state index contributed by atoms with van der Waals surface area (Å²) in [5.41, 5.74) is -0.660. The van der Waals surface area contributed by atoms with Crippen molar-refractivity contribution in [1.82, 2.24) is 15.5 Å². The number of carbonyl (C=O) groups excluding carboxylic acids is 2. The molecule has 45 heavy (non-hydrogen) atoms. The van der Waals surface area contributed by atoms with Gasteiger partial charge in [0.1, 0.15) is 17.4 Å². The number of ether oxygens (including phenoxy) is 2. The molecule has 0 radical (unpaired) electrons. The van der Waals surface area contributed by atoms with Crippen molar-refractivity contribution in [2.45, 2.75) is 89.2 Å². The SMILES string of the molecule is CC(C)(C)OC(=O)N[C@H]1CS(=O)(=O)c2ccc(-c3nnc(C(C)(C)C)o3)cc2N(Cc2ccc(OC(C)(F)C(F)F)cc2)C1=O. The molecule has 2 heterocycles. The zero-order chi connectivity index (χ0) is 33.5. The Morgan fingerprint density at radius 3 is 2.27 bits per heavy atom. The van der Waals surface area contributed by atoms with Crippen LogP contribution in [0.5, 0.6) is 5.75 Å². The average Bonchev–Trinajstić information content (AvgIpc) is 3.39. The van der Waals surface area contributed by atoms with Gasteiger partial charge in [0.25, 0.3) is 5.91 Å². The van der Waals surface area contributed by atoms with Gasteiger partial charge in [0.15, 0.2) is 9.84 Å². The number of hydrogen-bond donors (Lipinski definition) is 1. The first-order valence-corrected chi connectivity index (χ1v) is 15.6. The summed E-state index contributed by atoms with van der Waals surface area (Å²) in [6.07, 6.45) is -4.38. The standard InChI is InChI=1S/C30H35F3N4O7S/c1-28(2,3)26-36-35-23(42-26)18-10-13-22-21(14-18)37(15-17-8-11-19(12-9-17)43-30(7,33)25(31)32)24(38)20(16-45(22,40)41)34-27(39)44-29(4,5)6/h8-14,20,25H,15-16H2,1-7H3,(H,34,39)/t20-,30?/m0/s1. The van der Waals surface area contributed by atoms with Crippen LogP contribution in [0.2, 0.25) is 0 Å². The molecule has 0 spiro atoms. The number of sulfone groups is 1. The van der Waals surface area contributed by atoms with E-state index in [2.05, 4.69) is 15.5 Å². The summed E-state index contributed by atoms with van der Waals surface area (Å²) in [6.45, 7) is 10.9. The molecule has 1 N–H and O–H groups in total. The van der Waals surface area contributed by atoms with Crippen molar-refractivity contribution >= 4 is 27.5 Å². The smallest absolute Gasteiger partial charge is 0.408 e. The topological polar surface area (TPSA) is 141 Å². The van der Waals surface area contributed by atoms with Crippen molar-refractivity contribution in [3.8, 4) is 17.2 Å². The van der Waals surface area contributed by atoms with E-state index in [0.29, 0.717) is 23.9 Å². The molecule has 2 aromatic carbocycles. The van der Waals surface area contributed by atoms with E-state index in [9.17, 15) is 31.2 Å². The summed E-state index contributed by atoms with van der Waals surface area (Å²) in [5, 5.41) is 10.5. The van der Waals surface area contributed by atoms with Crippen LogP contribution in [0, 0.1) is 0 Å². The number of anilines is 1. The number of benzene rings is 2. The zero-order valence-corrected chi connectivity index (χ0v) is 26.7. The highest BCUT2D eigenvalue weighted by molar-refractivity contribution is 7.91. The second-order valence-corrected chi connectivity index (χ2v) is 14.8. The minimum absolute atomic E-state index is 0.0177. The summed E-state index contributed by atoms with van der Waals surface area (Å²) < 4.78 is 83.0. The first-order chi connectivity index (χ1) is 20.7. The van der Waals surface area contributed by atoms with Crippen molar-refractivity contribution in [1.29, 1.82) is 0 Å². The second kappa shape index (κ2) is 12.0. The molecule has 3 aromatic rings. The fraction of sp³-hybridized carbons (Fsp3) is 0.467. The molecular weight excluding hydrogens is 617 g/mol. The maximum atomic E-state index is 14.1. The molecule has 1 aliphatic heterocycles. The van der Waals surface area contributed by atoms with E-state index in [4.69, 9.17) is 13.9 Å². The largest absolute Gasteiger partial charge is 0.453 e. The van der Waals surface area contributed by atoms with Crippen molar-refractivity contribution in [3.63, 3.8) is 0 Å². The number of hydrogen-bond acceptors (Lipinski definition) is 9. The van der Waals surface area contributed by atoms with Crippen molar-refractivity contribution in [2.75, 3.05) is 10.7 Å².